The number of nitrogen functional groups attached to an aromatic ring is 1. The van der Waals surface area contributed by atoms with E-state index in [0.717, 1.165) is 33.2 Å². The minimum Gasteiger partial charge on any atom is -0.384 e. The monoisotopic (exact) mass is 263 g/mol. The highest BCUT2D eigenvalue weighted by molar-refractivity contribution is 6.30. The largest absolute Gasteiger partial charge is 0.384 e. The van der Waals surface area contributed by atoms with Crippen LogP contribution in [0.5, 0.6) is 0 Å². The first-order chi connectivity index (χ1) is 8.41. The second-order valence-corrected chi connectivity index (χ2v) is 5.32. The first-order valence-electron chi connectivity index (χ1n) is 6.00. The van der Waals surface area contributed by atoms with E-state index in [1.165, 1.54) is 0 Å². The summed E-state index contributed by atoms with van der Waals surface area (Å²) in [6.45, 7) is 6.29. The van der Waals surface area contributed by atoms with Crippen LogP contribution in [0.15, 0.2) is 18.2 Å². The number of anilines is 1. The molecule has 0 aliphatic rings. The van der Waals surface area contributed by atoms with Gasteiger partial charge in [-0.3, -0.25) is 4.68 Å². The van der Waals surface area contributed by atoms with Gasteiger partial charge in [0, 0.05) is 23.2 Å². The van der Waals surface area contributed by atoms with Crippen LogP contribution in [0.2, 0.25) is 5.02 Å². The lowest BCUT2D eigenvalue weighted by molar-refractivity contribution is 0.779. The van der Waals surface area contributed by atoms with Crippen molar-refractivity contribution in [2.24, 2.45) is 7.05 Å². The van der Waals surface area contributed by atoms with Crippen LogP contribution in [-0.4, -0.2) is 9.78 Å². The summed E-state index contributed by atoms with van der Waals surface area (Å²) in [7, 11) is 1.87. The molecule has 0 radical (unpaired) electrons. The van der Waals surface area contributed by atoms with E-state index in [9.17, 15) is 0 Å². The van der Waals surface area contributed by atoms with E-state index < -0.39 is 0 Å². The lowest BCUT2D eigenvalue weighted by atomic mass is 9.96. The Bertz CT molecular complexity index is 585. The molecule has 0 atom stereocenters. The molecule has 0 aliphatic heterocycles. The van der Waals surface area contributed by atoms with Gasteiger partial charge in [0.2, 0.25) is 0 Å². The maximum atomic E-state index is 6.10. The molecule has 0 saturated carbocycles. The summed E-state index contributed by atoms with van der Waals surface area (Å²) < 4.78 is 1.73. The second-order valence-electron chi connectivity index (χ2n) is 4.89. The molecule has 0 aliphatic carbocycles. The number of benzene rings is 1. The van der Waals surface area contributed by atoms with Crippen LogP contribution in [0, 0.1) is 6.92 Å². The lowest BCUT2D eigenvalue weighted by Crippen LogP contribution is -2.00. The van der Waals surface area contributed by atoms with Crippen LogP contribution in [0.25, 0.3) is 11.3 Å². The minimum absolute atomic E-state index is 0.337. The number of aryl methyl sites for hydroxylation is 2. The highest BCUT2D eigenvalue weighted by atomic mass is 35.5. The van der Waals surface area contributed by atoms with Crippen LogP contribution in [0.3, 0.4) is 0 Å². The van der Waals surface area contributed by atoms with Gasteiger partial charge in [0.15, 0.2) is 0 Å². The molecule has 2 rings (SSSR count). The normalized spacial score (nSPS) is 11.2. The number of hydrogen-bond donors (Lipinski definition) is 1. The quantitative estimate of drug-likeness (QED) is 0.897. The first kappa shape index (κ1) is 13.0. The number of hydrogen-bond acceptors (Lipinski definition) is 2. The van der Waals surface area contributed by atoms with E-state index in [1.54, 1.807) is 4.68 Å². The predicted molar refractivity (Wildman–Crippen MR) is 76.9 cm³/mol. The van der Waals surface area contributed by atoms with E-state index in [-0.39, 0.29) is 0 Å². The molecule has 18 heavy (non-hydrogen) atoms. The number of aromatic nitrogens is 2. The van der Waals surface area contributed by atoms with Gasteiger partial charge in [0.05, 0.1) is 5.69 Å². The first-order valence-corrected chi connectivity index (χ1v) is 6.38. The summed E-state index contributed by atoms with van der Waals surface area (Å²) in [6.07, 6.45) is 0. The molecule has 0 fully saturated rings. The maximum absolute atomic E-state index is 6.10. The fourth-order valence-corrected chi connectivity index (χ4v) is 2.44. The Labute approximate surface area is 113 Å². The standard InChI is InChI=1S/C14H18ClN3/c1-8(2)12-13(17-18(4)14(12)16)11-6-5-10(15)7-9(11)3/h5-8H,16H2,1-4H3. The number of nitrogens with zero attached hydrogens (tertiary/aromatic N) is 2. The SMILES string of the molecule is Cc1cc(Cl)ccc1-c1nn(C)c(N)c1C(C)C. The summed E-state index contributed by atoms with van der Waals surface area (Å²) in [4.78, 5) is 0. The van der Waals surface area contributed by atoms with Crippen molar-refractivity contribution < 1.29 is 0 Å². The Morgan fingerprint density at radius 2 is 2.00 bits per heavy atom. The van der Waals surface area contributed by atoms with Crippen molar-refractivity contribution in [3.63, 3.8) is 0 Å². The average molecular weight is 264 g/mol. The zero-order chi connectivity index (χ0) is 13.4. The summed E-state index contributed by atoms with van der Waals surface area (Å²) in [5.74, 6) is 1.07. The highest BCUT2D eigenvalue weighted by Gasteiger charge is 2.19. The molecular weight excluding hydrogens is 246 g/mol. The van der Waals surface area contributed by atoms with Gasteiger partial charge in [-0.05, 0) is 30.5 Å². The van der Waals surface area contributed by atoms with Crippen molar-refractivity contribution in [1.82, 2.24) is 9.78 Å². The topological polar surface area (TPSA) is 43.8 Å². The van der Waals surface area contributed by atoms with Gasteiger partial charge in [-0.1, -0.05) is 31.5 Å². The molecule has 0 spiro atoms. The van der Waals surface area contributed by atoms with E-state index in [4.69, 9.17) is 17.3 Å². The Hall–Kier alpha value is -1.48. The summed E-state index contributed by atoms with van der Waals surface area (Å²) >= 11 is 5.99. The summed E-state index contributed by atoms with van der Waals surface area (Å²) in [6, 6.07) is 5.84. The van der Waals surface area contributed by atoms with Crippen LogP contribution in [0.4, 0.5) is 5.82 Å². The molecule has 0 unspecified atom stereocenters. The fourth-order valence-electron chi connectivity index (χ4n) is 2.21. The maximum Gasteiger partial charge on any atom is 0.125 e. The molecule has 1 aromatic heterocycles. The van der Waals surface area contributed by atoms with Crippen molar-refractivity contribution >= 4 is 17.4 Å². The highest BCUT2D eigenvalue weighted by Crippen LogP contribution is 2.34. The van der Waals surface area contributed by atoms with Crippen molar-refractivity contribution in [2.45, 2.75) is 26.7 Å². The van der Waals surface area contributed by atoms with Gasteiger partial charge in [-0.15, -0.1) is 0 Å². The minimum atomic E-state index is 0.337. The zero-order valence-electron chi connectivity index (χ0n) is 11.2. The molecule has 1 aromatic carbocycles. The van der Waals surface area contributed by atoms with Gasteiger partial charge in [0.25, 0.3) is 0 Å². The third-order valence-electron chi connectivity index (χ3n) is 3.15. The van der Waals surface area contributed by atoms with Gasteiger partial charge in [0.1, 0.15) is 5.82 Å². The van der Waals surface area contributed by atoms with Crippen molar-refractivity contribution in [1.29, 1.82) is 0 Å². The molecule has 0 saturated heterocycles. The van der Waals surface area contributed by atoms with Crippen LogP contribution in [0.1, 0.15) is 30.9 Å². The van der Waals surface area contributed by atoms with Crippen LogP contribution >= 0.6 is 11.6 Å². The molecule has 0 bridgehead atoms. The van der Waals surface area contributed by atoms with Crippen molar-refractivity contribution in [3.8, 4) is 11.3 Å². The second kappa shape index (κ2) is 4.65. The molecule has 96 valence electrons. The molecular formula is C14H18ClN3. The van der Waals surface area contributed by atoms with Crippen LogP contribution in [-0.2, 0) is 7.05 Å². The molecule has 4 heteroatoms. The van der Waals surface area contributed by atoms with E-state index >= 15 is 0 Å². The van der Waals surface area contributed by atoms with Crippen LogP contribution < -0.4 is 5.73 Å². The Morgan fingerprint density at radius 3 is 2.56 bits per heavy atom. The number of halogens is 1. The zero-order valence-corrected chi connectivity index (χ0v) is 11.9. The van der Waals surface area contributed by atoms with Gasteiger partial charge >= 0.3 is 0 Å². The Balaban J connectivity index is 2.67. The summed E-state index contributed by atoms with van der Waals surface area (Å²) in [5.41, 5.74) is 10.4. The van der Waals surface area contributed by atoms with Gasteiger partial charge < -0.3 is 5.73 Å². The van der Waals surface area contributed by atoms with Gasteiger partial charge in [-0.2, -0.15) is 5.10 Å². The number of rotatable bonds is 2. The number of nitrogens with two attached hydrogens (primary N) is 1. The van der Waals surface area contributed by atoms with Crippen molar-refractivity contribution in [2.75, 3.05) is 5.73 Å². The third kappa shape index (κ3) is 2.10. The smallest absolute Gasteiger partial charge is 0.125 e. The Morgan fingerprint density at radius 1 is 1.33 bits per heavy atom. The van der Waals surface area contributed by atoms with E-state index in [2.05, 4.69) is 18.9 Å². The van der Waals surface area contributed by atoms with E-state index in [0.29, 0.717) is 5.92 Å². The predicted octanol–water partition coefficient (Wildman–Crippen LogP) is 3.75. The molecule has 2 aromatic rings. The van der Waals surface area contributed by atoms with Gasteiger partial charge in [-0.25, -0.2) is 0 Å². The summed E-state index contributed by atoms with van der Waals surface area (Å²) in [5, 5.41) is 5.28. The lowest BCUT2D eigenvalue weighted by Gasteiger charge is -2.09. The average Bonchev–Trinajstić information content (AvgIpc) is 2.55. The van der Waals surface area contributed by atoms with E-state index in [1.807, 2.05) is 32.2 Å². The third-order valence-corrected chi connectivity index (χ3v) is 3.39. The van der Waals surface area contributed by atoms with Crippen molar-refractivity contribution in [3.05, 3.63) is 34.3 Å². The fraction of sp³-hybridized carbons (Fsp3) is 0.357. The molecule has 3 nitrogen and oxygen atoms in total. The molecule has 1 heterocycles. The Kier molecular flexibility index (Phi) is 3.35. The molecule has 2 N–H and O–H groups in total. The molecule has 0 amide bonds.